The minimum Gasteiger partial charge on any atom is -0.368 e. The highest BCUT2D eigenvalue weighted by atomic mass is 16.2. The van der Waals surface area contributed by atoms with E-state index in [0.717, 1.165) is 57.5 Å². The summed E-state index contributed by atoms with van der Waals surface area (Å²) in [6, 6.07) is 4.66. The molecular weight excluding hydrogens is 442 g/mol. The summed E-state index contributed by atoms with van der Waals surface area (Å²) in [7, 11) is 0. The maximum absolute atomic E-state index is 12.6. The highest BCUT2D eigenvalue weighted by molar-refractivity contribution is 5.95. The topological polar surface area (TPSA) is 104 Å². The Morgan fingerprint density at radius 3 is 2.51 bits per heavy atom. The molecule has 1 spiro atoms. The normalized spacial score (nSPS) is 20.3. The summed E-state index contributed by atoms with van der Waals surface area (Å²) >= 11 is 0. The van der Waals surface area contributed by atoms with E-state index >= 15 is 0 Å². The molecule has 0 radical (unpaired) electrons. The van der Waals surface area contributed by atoms with Gasteiger partial charge in [-0.05, 0) is 38.8 Å². The van der Waals surface area contributed by atoms with E-state index in [1.54, 1.807) is 6.20 Å². The molecular formula is C25H33N9O. The molecule has 35 heavy (non-hydrogen) atoms. The summed E-state index contributed by atoms with van der Waals surface area (Å²) in [5, 5.41) is 6.30. The molecule has 5 heterocycles. The van der Waals surface area contributed by atoms with Crippen LogP contribution >= 0.6 is 0 Å². The number of aromatic nitrogens is 5. The average Bonchev–Trinajstić information content (AvgIpc) is 3.28. The van der Waals surface area contributed by atoms with Crippen molar-refractivity contribution in [2.45, 2.75) is 57.5 Å². The van der Waals surface area contributed by atoms with Crippen LogP contribution in [0.4, 0.5) is 17.5 Å². The quantitative estimate of drug-likeness (QED) is 0.594. The summed E-state index contributed by atoms with van der Waals surface area (Å²) < 4.78 is 2.08. The van der Waals surface area contributed by atoms with Gasteiger partial charge in [-0.2, -0.15) is 4.98 Å². The molecule has 1 aliphatic carbocycles. The average molecular weight is 476 g/mol. The van der Waals surface area contributed by atoms with Gasteiger partial charge in [0, 0.05) is 38.8 Å². The fourth-order valence-electron chi connectivity index (χ4n) is 5.81. The molecule has 6 rings (SSSR count). The fourth-order valence-corrected chi connectivity index (χ4v) is 5.81. The van der Waals surface area contributed by atoms with Crippen LogP contribution in [0.25, 0.3) is 11.2 Å². The number of rotatable bonds is 4. The Bertz CT molecular complexity index is 1220. The van der Waals surface area contributed by atoms with Gasteiger partial charge in [-0.25, -0.2) is 15.0 Å². The van der Waals surface area contributed by atoms with Gasteiger partial charge < -0.3 is 15.5 Å². The number of nitrogens with one attached hydrogen (secondary N) is 2. The molecule has 0 unspecified atom stereocenters. The maximum atomic E-state index is 12.6. The predicted molar refractivity (Wildman–Crippen MR) is 135 cm³/mol. The van der Waals surface area contributed by atoms with E-state index in [9.17, 15) is 4.79 Å². The molecule has 184 valence electrons. The van der Waals surface area contributed by atoms with Crippen LogP contribution in [0.1, 0.15) is 56.6 Å². The summed E-state index contributed by atoms with van der Waals surface area (Å²) in [5.41, 5.74) is 2.34. The third-order valence-electron chi connectivity index (χ3n) is 7.84. The van der Waals surface area contributed by atoms with Crippen LogP contribution in [0, 0.1) is 0 Å². The number of anilines is 3. The Morgan fingerprint density at radius 2 is 1.80 bits per heavy atom. The monoisotopic (exact) mass is 475 g/mol. The Balaban J connectivity index is 1.24. The Morgan fingerprint density at radius 1 is 1.00 bits per heavy atom. The molecule has 0 aromatic carbocycles. The van der Waals surface area contributed by atoms with Gasteiger partial charge in [-0.15, -0.1) is 0 Å². The Kier molecular flexibility index (Phi) is 5.55. The number of carbonyl (C=O) groups excluding carboxylic acids is 1. The van der Waals surface area contributed by atoms with Gasteiger partial charge in [0.15, 0.2) is 5.65 Å². The number of hydrogen-bond donors (Lipinski definition) is 2. The summed E-state index contributed by atoms with van der Waals surface area (Å²) in [6.45, 7) is 9.29. The number of piperazine rings is 1. The van der Waals surface area contributed by atoms with Crippen molar-refractivity contribution in [1.82, 2.24) is 34.7 Å². The van der Waals surface area contributed by atoms with Crippen LogP contribution in [0.2, 0.25) is 0 Å². The lowest BCUT2D eigenvalue weighted by atomic mass is 9.80. The molecule has 1 saturated heterocycles. The third-order valence-corrected chi connectivity index (χ3v) is 7.84. The molecule has 0 atom stereocenters. The zero-order valence-corrected chi connectivity index (χ0v) is 20.5. The lowest BCUT2D eigenvalue weighted by Gasteiger charge is -2.42. The van der Waals surface area contributed by atoms with Crippen LogP contribution in [-0.4, -0.2) is 74.1 Å². The van der Waals surface area contributed by atoms with E-state index in [-0.39, 0.29) is 11.4 Å². The van der Waals surface area contributed by atoms with E-state index in [1.165, 1.54) is 6.42 Å². The van der Waals surface area contributed by atoms with Gasteiger partial charge in [-0.1, -0.05) is 19.3 Å². The predicted octanol–water partition coefficient (Wildman–Crippen LogP) is 2.90. The van der Waals surface area contributed by atoms with Crippen LogP contribution < -0.4 is 15.5 Å². The molecule has 1 saturated carbocycles. The number of amides is 1. The van der Waals surface area contributed by atoms with E-state index in [1.807, 2.05) is 12.3 Å². The standard InChI is InChI=1S/C25H33N9O/c1-17(2)32-10-12-33(13-11-32)18-6-7-20(26-14-18)30-24-27-15-19-21(31-24)34-22(29-19)23(35)28-16-25(34)8-4-3-5-9-25/h6-7,14-15,17H,3-5,8-13,16H2,1-2H3,(H,28,35)(H,26,27,30,31). The number of nitrogens with zero attached hydrogens (tertiary/aromatic N) is 7. The first kappa shape index (κ1) is 22.2. The van der Waals surface area contributed by atoms with E-state index < -0.39 is 0 Å². The third kappa shape index (κ3) is 3.99. The number of carbonyl (C=O) groups is 1. The molecule has 10 nitrogen and oxygen atoms in total. The molecule has 3 aliphatic rings. The number of hydrogen-bond acceptors (Lipinski definition) is 8. The van der Waals surface area contributed by atoms with E-state index in [4.69, 9.17) is 4.98 Å². The largest absolute Gasteiger partial charge is 0.368 e. The van der Waals surface area contributed by atoms with Crippen molar-refractivity contribution < 1.29 is 4.79 Å². The molecule has 3 aromatic heterocycles. The highest BCUT2D eigenvalue weighted by Crippen LogP contribution is 2.39. The zero-order chi connectivity index (χ0) is 24.0. The van der Waals surface area contributed by atoms with Crippen molar-refractivity contribution in [2.75, 3.05) is 42.9 Å². The van der Waals surface area contributed by atoms with Crippen molar-refractivity contribution >= 4 is 34.5 Å². The first-order valence-corrected chi connectivity index (χ1v) is 12.8. The zero-order valence-electron chi connectivity index (χ0n) is 20.5. The molecule has 1 amide bonds. The first-order chi connectivity index (χ1) is 17.0. The lowest BCUT2D eigenvalue weighted by molar-refractivity contribution is 0.0824. The Hall–Kier alpha value is -3.27. The molecule has 10 heteroatoms. The second-order valence-electron chi connectivity index (χ2n) is 10.3. The van der Waals surface area contributed by atoms with Crippen molar-refractivity contribution in [3.8, 4) is 0 Å². The molecule has 2 N–H and O–H groups in total. The number of fused-ring (bicyclic) bond motifs is 4. The van der Waals surface area contributed by atoms with Crippen molar-refractivity contribution in [2.24, 2.45) is 0 Å². The SMILES string of the molecule is CC(C)N1CCN(c2ccc(Nc3ncc4nc5n(c4n3)C3(CCCCC3)CNC5=O)nc2)CC1. The summed E-state index contributed by atoms with van der Waals surface area (Å²) in [5.74, 6) is 1.46. The van der Waals surface area contributed by atoms with Crippen molar-refractivity contribution in [1.29, 1.82) is 0 Å². The van der Waals surface area contributed by atoms with Gasteiger partial charge in [0.1, 0.15) is 11.3 Å². The minimum absolute atomic E-state index is 0.139. The fraction of sp³-hybridized carbons (Fsp3) is 0.560. The lowest BCUT2D eigenvalue weighted by Crippen LogP contribution is -2.52. The van der Waals surface area contributed by atoms with Crippen LogP contribution in [0.3, 0.4) is 0 Å². The van der Waals surface area contributed by atoms with Gasteiger partial charge in [-0.3, -0.25) is 14.3 Å². The Labute approximate surface area is 205 Å². The molecule has 0 bridgehead atoms. The van der Waals surface area contributed by atoms with Gasteiger partial charge in [0.2, 0.25) is 11.8 Å². The van der Waals surface area contributed by atoms with Crippen molar-refractivity contribution in [3.05, 3.63) is 30.4 Å². The van der Waals surface area contributed by atoms with Crippen LogP contribution in [0.5, 0.6) is 0 Å². The van der Waals surface area contributed by atoms with E-state index in [2.05, 4.69) is 59.9 Å². The van der Waals surface area contributed by atoms with E-state index in [0.29, 0.717) is 41.3 Å². The smallest absolute Gasteiger partial charge is 0.287 e. The highest BCUT2D eigenvalue weighted by Gasteiger charge is 2.42. The second-order valence-corrected chi connectivity index (χ2v) is 10.3. The summed E-state index contributed by atoms with van der Waals surface area (Å²) in [4.78, 5) is 35.9. The summed E-state index contributed by atoms with van der Waals surface area (Å²) in [6.07, 6.45) is 9.17. The molecule has 2 aliphatic heterocycles. The minimum atomic E-state index is -0.151. The van der Waals surface area contributed by atoms with Crippen molar-refractivity contribution in [3.63, 3.8) is 0 Å². The van der Waals surface area contributed by atoms with Crippen LogP contribution in [-0.2, 0) is 5.54 Å². The first-order valence-electron chi connectivity index (χ1n) is 12.8. The van der Waals surface area contributed by atoms with Gasteiger partial charge >= 0.3 is 0 Å². The second kappa shape index (κ2) is 8.75. The molecule has 3 aromatic rings. The number of imidazole rings is 1. The van der Waals surface area contributed by atoms with Gasteiger partial charge in [0.05, 0.1) is 23.6 Å². The van der Waals surface area contributed by atoms with Gasteiger partial charge in [0.25, 0.3) is 5.91 Å². The number of pyridine rings is 1. The maximum Gasteiger partial charge on any atom is 0.287 e. The molecule has 2 fully saturated rings. The van der Waals surface area contributed by atoms with Crippen LogP contribution in [0.15, 0.2) is 24.5 Å².